The third kappa shape index (κ3) is 5.57. The fourth-order valence-corrected chi connectivity index (χ4v) is 3.06. The average molecular weight is 340 g/mol. The Morgan fingerprint density at radius 1 is 1.30 bits per heavy atom. The molecule has 0 aliphatic heterocycles. The molecule has 1 aromatic carbocycles. The molecular weight excluding hydrogens is 320 g/mol. The van der Waals surface area contributed by atoms with Crippen LogP contribution in [0.5, 0.6) is 0 Å². The maximum atomic E-state index is 11.5. The lowest BCUT2D eigenvalue weighted by molar-refractivity contribution is -0.178. The third-order valence-corrected chi connectivity index (χ3v) is 4.48. The molecule has 1 rings (SSSR count). The van der Waals surface area contributed by atoms with E-state index in [4.69, 9.17) is 16.2 Å². The number of nitrogens with two attached hydrogens (primary N) is 2. The normalized spacial score (nSPS) is 14.5. The monoisotopic (exact) mass is 340 g/mol. The van der Waals surface area contributed by atoms with E-state index in [1.807, 2.05) is 30.3 Å². The van der Waals surface area contributed by atoms with Gasteiger partial charge in [-0.05, 0) is 5.56 Å². The van der Waals surface area contributed by atoms with Crippen LogP contribution in [0.2, 0.25) is 0 Å². The number of primary amides is 1. The molecule has 0 radical (unpaired) electrons. The molecule has 1 amide bonds. The molecule has 0 bridgehead atoms. The van der Waals surface area contributed by atoms with Crippen molar-refractivity contribution in [3.63, 3.8) is 0 Å². The van der Waals surface area contributed by atoms with Gasteiger partial charge in [0.05, 0.1) is 5.25 Å². The van der Waals surface area contributed by atoms with Crippen LogP contribution in [-0.4, -0.2) is 33.9 Å². The fraction of sp³-hybridized carbons (Fsp3) is 0.400. The zero-order valence-corrected chi connectivity index (χ0v) is 13.5. The number of aliphatic carboxylic acids is 1. The Balaban J connectivity index is 2.97. The maximum Gasteiger partial charge on any atom is 0.365 e. The van der Waals surface area contributed by atoms with Gasteiger partial charge in [-0.3, -0.25) is 15.3 Å². The zero-order valence-electron chi connectivity index (χ0n) is 12.7. The van der Waals surface area contributed by atoms with Crippen LogP contribution in [-0.2, 0) is 24.9 Å². The van der Waals surface area contributed by atoms with Gasteiger partial charge in [0.1, 0.15) is 0 Å². The molecule has 0 aliphatic rings. The van der Waals surface area contributed by atoms with Gasteiger partial charge in [-0.2, -0.15) is 0 Å². The lowest BCUT2D eigenvalue weighted by Crippen LogP contribution is -2.60. The van der Waals surface area contributed by atoms with Crippen LogP contribution < -0.4 is 11.5 Å². The number of carboxylic acid groups (broad SMARTS) is 1. The molecule has 0 saturated carbocycles. The number of carbonyl (C=O) groups is 3. The highest BCUT2D eigenvalue weighted by atomic mass is 32.2. The Bertz CT molecular complexity index is 566. The first-order valence-electron chi connectivity index (χ1n) is 6.97. The van der Waals surface area contributed by atoms with Crippen LogP contribution in [0.1, 0.15) is 25.3 Å². The van der Waals surface area contributed by atoms with Gasteiger partial charge in [-0.1, -0.05) is 37.3 Å². The van der Waals surface area contributed by atoms with E-state index in [9.17, 15) is 19.5 Å². The molecule has 1 unspecified atom stereocenters. The summed E-state index contributed by atoms with van der Waals surface area (Å²) in [5, 5.41) is 8.38. The first kappa shape index (κ1) is 19.0. The van der Waals surface area contributed by atoms with Gasteiger partial charge in [0.25, 0.3) is 5.72 Å². The van der Waals surface area contributed by atoms with Crippen molar-refractivity contribution in [2.75, 3.05) is 0 Å². The summed E-state index contributed by atoms with van der Waals surface area (Å²) in [6.45, 7) is 1.52. The third-order valence-electron chi connectivity index (χ3n) is 3.06. The summed E-state index contributed by atoms with van der Waals surface area (Å²) in [4.78, 5) is 34.3. The van der Waals surface area contributed by atoms with Crippen LogP contribution in [0.25, 0.3) is 0 Å². The zero-order chi connectivity index (χ0) is 17.5. The number of benzene rings is 1. The first-order chi connectivity index (χ1) is 10.8. The average Bonchev–Trinajstić information content (AvgIpc) is 2.51. The Morgan fingerprint density at radius 3 is 2.39 bits per heavy atom. The van der Waals surface area contributed by atoms with E-state index in [0.717, 1.165) is 17.3 Å². The van der Waals surface area contributed by atoms with Crippen LogP contribution >= 0.6 is 11.8 Å². The number of esters is 1. The minimum absolute atomic E-state index is 0.0289. The fourth-order valence-electron chi connectivity index (χ4n) is 1.80. The lowest BCUT2D eigenvalue weighted by Gasteiger charge is -2.32. The predicted molar refractivity (Wildman–Crippen MR) is 86.3 cm³/mol. The molecule has 0 aliphatic carbocycles. The largest absolute Gasteiger partial charge is 0.477 e. The summed E-state index contributed by atoms with van der Waals surface area (Å²) in [6.07, 6.45) is -0.351. The number of ether oxygens (including phenoxy) is 1. The second kappa shape index (κ2) is 8.54. The Kier molecular flexibility index (Phi) is 7.05. The van der Waals surface area contributed by atoms with Crippen LogP contribution in [0.3, 0.4) is 0 Å². The van der Waals surface area contributed by atoms with Crippen molar-refractivity contribution in [3.05, 3.63) is 35.9 Å². The van der Waals surface area contributed by atoms with Gasteiger partial charge in [0, 0.05) is 18.6 Å². The second-order valence-corrected chi connectivity index (χ2v) is 6.07. The molecule has 0 fully saturated rings. The van der Waals surface area contributed by atoms with Crippen molar-refractivity contribution < 1.29 is 24.2 Å². The van der Waals surface area contributed by atoms with Crippen molar-refractivity contribution in [1.29, 1.82) is 0 Å². The molecule has 2 atom stereocenters. The quantitative estimate of drug-likeness (QED) is 0.448. The molecule has 5 N–H and O–H groups in total. The number of amides is 1. The van der Waals surface area contributed by atoms with E-state index in [0.29, 0.717) is 5.75 Å². The number of hydrogen-bond acceptors (Lipinski definition) is 6. The van der Waals surface area contributed by atoms with Crippen LogP contribution in [0.4, 0.5) is 0 Å². The van der Waals surface area contributed by atoms with E-state index >= 15 is 0 Å². The van der Waals surface area contributed by atoms with Crippen molar-refractivity contribution >= 4 is 29.6 Å². The number of carbonyl (C=O) groups excluding carboxylic acids is 2. The summed E-state index contributed by atoms with van der Waals surface area (Å²) in [5.74, 6) is -2.61. The van der Waals surface area contributed by atoms with Gasteiger partial charge in [0.15, 0.2) is 0 Å². The summed E-state index contributed by atoms with van der Waals surface area (Å²) in [7, 11) is 0. The van der Waals surface area contributed by atoms with Gasteiger partial charge >= 0.3 is 11.9 Å². The maximum absolute atomic E-state index is 11.5. The summed E-state index contributed by atoms with van der Waals surface area (Å²) in [6, 6.07) is 9.23. The molecule has 7 nitrogen and oxygen atoms in total. The molecule has 126 valence electrons. The van der Waals surface area contributed by atoms with Gasteiger partial charge in [0.2, 0.25) is 5.91 Å². The van der Waals surface area contributed by atoms with Crippen molar-refractivity contribution in [2.24, 2.45) is 11.5 Å². The van der Waals surface area contributed by atoms with Crippen LogP contribution in [0, 0.1) is 0 Å². The number of thioether (sulfide) groups is 1. The molecule has 1 aromatic rings. The molecule has 0 aromatic heterocycles. The number of carboxylic acids is 1. The molecular formula is C15H20N2O5S. The molecule has 0 saturated heterocycles. The highest BCUT2D eigenvalue weighted by Crippen LogP contribution is 2.29. The van der Waals surface area contributed by atoms with Crippen molar-refractivity contribution in [2.45, 2.75) is 36.5 Å². The lowest BCUT2D eigenvalue weighted by atomic mass is 10.1. The van der Waals surface area contributed by atoms with Crippen LogP contribution in [0.15, 0.2) is 30.3 Å². The van der Waals surface area contributed by atoms with Crippen molar-refractivity contribution in [3.8, 4) is 0 Å². The smallest absolute Gasteiger partial charge is 0.365 e. The highest BCUT2D eigenvalue weighted by molar-refractivity contribution is 7.99. The Hall–Kier alpha value is -2.06. The topological polar surface area (TPSA) is 133 Å². The summed E-state index contributed by atoms with van der Waals surface area (Å²) < 4.78 is 4.91. The van der Waals surface area contributed by atoms with Gasteiger partial charge in [-0.15, -0.1) is 11.8 Å². The molecule has 8 heteroatoms. The van der Waals surface area contributed by atoms with E-state index < -0.39 is 28.8 Å². The number of rotatable bonds is 9. The van der Waals surface area contributed by atoms with Gasteiger partial charge < -0.3 is 15.6 Å². The Morgan fingerprint density at radius 2 is 1.91 bits per heavy atom. The minimum atomic E-state index is -2.32. The summed E-state index contributed by atoms with van der Waals surface area (Å²) in [5.41, 5.74) is 9.58. The molecule has 0 spiro atoms. The highest BCUT2D eigenvalue weighted by Gasteiger charge is 2.47. The molecule has 23 heavy (non-hydrogen) atoms. The molecule has 0 heterocycles. The standard InChI is InChI=1S/C15H20N2O5S/c1-2-13(19)22-15(17,14(20)21)11(8-12(16)18)23-9-10-6-4-3-5-7-10/h3-7,11H,2,8-9,17H2,1H3,(H2,16,18)(H,20,21)/t11?,15-/m1/s1. The Labute approximate surface area is 138 Å². The van der Waals surface area contributed by atoms with E-state index in [2.05, 4.69) is 0 Å². The summed E-state index contributed by atoms with van der Waals surface area (Å²) >= 11 is 1.11. The van der Waals surface area contributed by atoms with E-state index in [1.165, 1.54) is 6.92 Å². The second-order valence-electron chi connectivity index (χ2n) is 4.88. The number of hydrogen-bond donors (Lipinski definition) is 3. The SMILES string of the molecule is CCC(=O)O[C@@](N)(C(=O)O)C(CC(N)=O)SCc1ccccc1. The first-order valence-corrected chi connectivity index (χ1v) is 8.02. The van der Waals surface area contributed by atoms with Gasteiger partial charge in [-0.25, -0.2) is 4.79 Å². The van der Waals surface area contributed by atoms with Crippen molar-refractivity contribution in [1.82, 2.24) is 0 Å². The van der Waals surface area contributed by atoms with E-state index in [-0.39, 0.29) is 12.8 Å². The predicted octanol–water partition coefficient (Wildman–Crippen LogP) is 0.857. The van der Waals surface area contributed by atoms with E-state index in [1.54, 1.807) is 0 Å². The minimum Gasteiger partial charge on any atom is -0.477 e.